The van der Waals surface area contributed by atoms with Crippen LogP contribution in [0.25, 0.3) is 10.8 Å². The predicted octanol–water partition coefficient (Wildman–Crippen LogP) is 3.49. The van der Waals surface area contributed by atoms with E-state index in [1.807, 2.05) is 24.3 Å². The van der Waals surface area contributed by atoms with Crippen LogP contribution >= 0.6 is 22.6 Å². The van der Waals surface area contributed by atoms with E-state index < -0.39 is 5.91 Å². The smallest absolute Gasteiger partial charge is 0.274 e. The molecule has 0 saturated heterocycles. The highest BCUT2D eigenvalue weighted by Crippen LogP contribution is 2.18. The molecule has 126 valence electrons. The number of nitrogens with one attached hydrogen (secondary N) is 2. The number of amides is 2. The van der Waals surface area contributed by atoms with Crippen LogP contribution in [0.3, 0.4) is 0 Å². The minimum atomic E-state index is -0.568. The highest BCUT2D eigenvalue weighted by molar-refractivity contribution is 14.1. The molecule has 3 rings (SSSR count). The van der Waals surface area contributed by atoms with Crippen LogP contribution in [0.1, 0.15) is 26.3 Å². The Morgan fingerprint density at radius 2 is 1.52 bits per heavy atom. The van der Waals surface area contributed by atoms with Gasteiger partial charge in [0.25, 0.3) is 11.8 Å². The molecule has 5 nitrogen and oxygen atoms in total. The van der Waals surface area contributed by atoms with Crippen molar-refractivity contribution in [3.63, 3.8) is 0 Å². The summed E-state index contributed by atoms with van der Waals surface area (Å²) in [7, 11) is 0. The molecule has 0 unspecified atom stereocenters. The lowest BCUT2D eigenvalue weighted by atomic mass is 10.0. The number of hydrogen-bond donors (Lipinski definition) is 3. The lowest BCUT2D eigenvalue weighted by Crippen LogP contribution is -2.22. The van der Waals surface area contributed by atoms with Crippen LogP contribution in [0.4, 0.5) is 0 Å². The summed E-state index contributed by atoms with van der Waals surface area (Å²) in [6.07, 6.45) is 0. The van der Waals surface area contributed by atoms with Gasteiger partial charge in [-0.25, -0.2) is 5.48 Å². The highest BCUT2D eigenvalue weighted by atomic mass is 127. The van der Waals surface area contributed by atoms with Crippen LogP contribution in [0.5, 0.6) is 0 Å². The number of hydrogen-bond acceptors (Lipinski definition) is 3. The standard InChI is InChI=1S/C19H15IN2O3/c20-17-3-1-2-12(8-17)11-21-18(23)15-6-4-14-10-16(19(24)22-25)7-5-13(14)9-15/h1-10,25H,11H2,(H,21,23)(H,22,24). The summed E-state index contributed by atoms with van der Waals surface area (Å²) >= 11 is 2.24. The van der Waals surface area contributed by atoms with Crippen LogP contribution in [0.15, 0.2) is 60.7 Å². The van der Waals surface area contributed by atoms with E-state index in [1.165, 1.54) is 0 Å². The van der Waals surface area contributed by atoms with E-state index in [-0.39, 0.29) is 5.91 Å². The Morgan fingerprint density at radius 1 is 0.880 bits per heavy atom. The van der Waals surface area contributed by atoms with Gasteiger partial charge in [0.05, 0.1) is 0 Å². The average Bonchev–Trinajstić information content (AvgIpc) is 2.64. The van der Waals surface area contributed by atoms with Crippen LogP contribution in [-0.4, -0.2) is 17.0 Å². The molecule has 0 aliphatic rings. The van der Waals surface area contributed by atoms with Crippen molar-refractivity contribution in [3.8, 4) is 0 Å². The lowest BCUT2D eigenvalue weighted by Gasteiger charge is -2.08. The number of rotatable bonds is 4. The average molecular weight is 446 g/mol. The summed E-state index contributed by atoms with van der Waals surface area (Å²) in [5.74, 6) is -0.723. The zero-order chi connectivity index (χ0) is 17.8. The molecular formula is C19H15IN2O3. The molecule has 0 saturated carbocycles. The van der Waals surface area contributed by atoms with Crippen molar-refractivity contribution in [2.75, 3.05) is 0 Å². The zero-order valence-corrected chi connectivity index (χ0v) is 15.3. The van der Waals surface area contributed by atoms with Gasteiger partial charge >= 0.3 is 0 Å². The van der Waals surface area contributed by atoms with Gasteiger partial charge in [0.2, 0.25) is 0 Å². The monoisotopic (exact) mass is 446 g/mol. The van der Waals surface area contributed by atoms with Crippen molar-refractivity contribution in [2.45, 2.75) is 6.54 Å². The Kier molecular flexibility index (Phi) is 5.30. The van der Waals surface area contributed by atoms with E-state index in [0.29, 0.717) is 17.7 Å². The minimum Gasteiger partial charge on any atom is -0.348 e. The van der Waals surface area contributed by atoms with Gasteiger partial charge in [0, 0.05) is 21.2 Å². The quantitative estimate of drug-likeness (QED) is 0.326. The summed E-state index contributed by atoms with van der Waals surface area (Å²) in [6, 6.07) is 18.2. The molecule has 0 aliphatic heterocycles. The van der Waals surface area contributed by atoms with E-state index in [2.05, 4.69) is 27.9 Å². The van der Waals surface area contributed by atoms with Gasteiger partial charge in [-0.3, -0.25) is 14.8 Å². The van der Waals surface area contributed by atoms with Crippen LogP contribution in [0, 0.1) is 3.57 Å². The molecule has 3 aromatic carbocycles. The molecule has 3 aromatic rings. The SMILES string of the molecule is O=C(NO)c1ccc2cc(C(=O)NCc3cccc(I)c3)ccc2c1. The molecule has 25 heavy (non-hydrogen) atoms. The van der Waals surface area contributed by atoms with E-state index in [9.17, 15) is 9.59 Å². The maximum absolute atomic E-state index is 12.4. The number of hydroxylamine groups is 1. The van der Waals surface area contributed by atoms with Crippen molar-refractivity contribution in [1.29, 1.82) is 0 Å². The van der Waals surface area contributed by atoms with Gasteiger partial charge in [-0.2, -0.15) is 0 Å². The first-order valence-electron chi connectivity index (χ1n) is 7.58. The third-order valence-electron chi connectivity index (χ3n) is 3.81. The molecule has 0 fully saturated rings. The molecule has 0 spiro atoms. The first kappa shape index (κ1) is 17.4. The molecule has 0 radical (unpaired) electrons. The molecule has 0 heterocycles. The van der Waals surface area contributed by atoms with Crippen LogP contribution < -0.4 is 10.8 Å². The fourth-order valence-electron chi connectivity index (χ4n) is 2.52. The van der Waals surface area contributed by atoms with Gasteiger partial charge in [-0.05, 0) is 75.3 Å². The molecule has 3 N–H and O–H groups in total. The Hall–Kier alpha value is -2.45. The van der Waals surface area contributed by atoms with E-state index in [4.69, 9.17) is 5.21 Å². The molecule has 0 aromatic heterocycles. The molecule has 0 aliphatic carbocycles. The van der Waals surface area contributed by atoms with E-state index in [1.54, 1.807) is 41.9 Å². The van der Waals surface area contributed by atoms with Gasteiger partial charge in [-0.15, -0.1) is 0 Å². The van der Waals surface area contributed by atoms with Crippen molar-refractivity contribution in [1.82, 2.24) is 10.8 Å². The summed E-state index contributed by atoms with van der Waals surface area (Å²) in [4.78, 5) is 23.8. The predicted molar refractivity (Wildman–Crippen MR) is 104 cm³/mol. The van der Waals surface area contributed by atoms with E-state index >= 15 is 0 Å². The van der Waals surface area contributed by atoms with Gasteiger partial charge < -0.3 is 5.32 Å². The number of carbonyl (C=O) groups is 2. The Balaban J connectivity index is 1.76. The molecule has 6 heteroatoms. The minimum absolute atomic E-state index is 0.155. The summed E-state index contributed by atoms with van der Waals surface area (Å²) in [6.45, 7) is 0.462. The summed E-state index contributed by atoms with van der Waals surface area (Å²) < 4.78 is 1.12. The third kappa shape index (κ3) is 4.15. The molecular weight excluding hydrogens is 431 g/mol. The van der Waals surface area contributed by atoms with Crippen LogP contribution in [0.2, 0.25) is 0 Å². The lowest BCUT2D eigenvalue weighted by molar-refractivity contribution is 0.0706. The maximum atomic E-state index is 12.4. The van der Waals surface area contributed by atoms with Crippen molar-refractivity contribution in [3.05, 3.63) is 80.9 Å². The van der Waals surface area contributed by atoms with Crippen molar-refractivity contribution in [2.24, 2.45) is 0 Å². The van der Waals surface area contributed by atoms with Crippen molar-refractivity contribution < 1.29 is 14.8 Å². The van der Waals surface area contributed by atoms with Crippen LogP contribution in [-0.2, 0) is 6.54 Å². The Bertz CT molecular complexity index is 956. The van der Waals surface area contributed by atoms with Crippen molar-refractivity contribution >= 4 is 45.2 Å². The molecule has 2 amide bonds. The Labute approximate surface area is 158 Å². The second-order valence-corrected chi connectivity index (χ2v) is 6.78. The second-order valence-electron chi connectivity index (χ2n) is 5.53. The number of fused-ring (bicyclic) bond motifs is 1. The molecule has 0 bridgehead atoms. The normalized spacial score (nSPS) is 10.5. The topological polar surface area (TPSA) is 78.4 Å². The Morgan fingerprint density at radius 3 is 2.12 bits per heavy atom. The summed E-state index contributed by atoms with van der Waals surface area (Å²) in [5.41, 5.74) is 3.56. The van der Waals surface area contributed by atoms with Gasteiger partial charge in [0.15, 0.2) is 0 Å². The summed E-state index contributed by atoms with van der Waals surface area (Å²) in [5, 5.41) is 13.3. The zero-order valence-electron chi connectivity index (χ0n) is 13.1. The van der Waals surface area contributed by atoms with Gasteiger partial charge in [0.1, 0.15) is 0 Å². The number of carbonyl (C=O) groups excluding carboxylic acids is 2. The largest absolute Gasteiger partial charge is 0.348 e. The maximum Gasteiger partial charge on any atom is 0.274 e. The number of benzene rings is 3. The highest BCUT2D eigenvalue weighted by Gasteiger charge is 2.09. The third-order valence-corrected chi connectivity index (χ3v) is 4.48. The first-order chi connectivity index (χ1) is 12.1. The fraction of sp³-hybridized carbons (Fsp3) is 0.0526. The fourth-order valence-corrected chi connectivity index (χ4v) is 3.13. The second kappa shape index (κ2) is 7.62. The van der Waals surface area contributed by atoms with E-state index in [0.717, 1.165) is 19.9 Å². The van der Waals surface area contributed by atoms with Gasteiger partial charge in [-0.1, -0.05) is 24.3 Å². The first-order valence-corrected chi connectivity index (χ1v) is 8.65. The molecule has 0 atom stereocenters. The number of halogens is 1.